The molecule has 2 aromatic heterocycles. The Morgan fingerprint density at radius 1 is 1.06 bits per heavy atom. The molecule has 0 fully saturated rings. The number of fused-ring (bicyclic) bond motifs is 2. The first-order chi connectivity index (χ1) is 16.7. The maximum Gasteiger partial charge on any atom is 0.335 e. The molecule has 0 atom stereocenters. The summed E-state index contributed by atoms with van der Waals surface area (Å²) in [5.41, 5.74) is 5.42. The highest BCUT2D eigenvalue weighted by Gasteiger charge is 2.24. The smallest absolute Gasteiger partial charge is 0.335 e. The number of aromatic nitrogens is 3. The van der Waals surface area contributed by atoms with Crippen LogP contribution in [0.15, 0.2) is 60.8 Å². The molecule has 0 amide bonds. The molecule has 6 nitrogen and oxygen atoms in total. The lowest BCUT2D eigenvalue weighted by atomic mass is 9.95. The molecule has 2 heterocycles. The average Bonchev–Trinajstić information content (AvgIpc) is 3.39. The van der Waals surface area contributed by atoms with Crippen molar-refractivity contribution in [3.8, 4) is 22.6 Å². The lowest BCUT2D eigenvalue weighted by Crippen LogP contribution is -2.07. The van der Waals surface area contributed by atoms with E-state index >= 15 is 0 Å². The van der Waals surface area contributed by atoms with E-state index in [1.54, 1.807) is 30.5 Å². The van der Waals surface area contributed by atoms with E-state index in [9.17, 15) is 14.3 Å². The average molecular weight is 472 g/mol. The Balaban J connectivity index is 1.91. The Bertz CT molecular complexity index is 1560. The van der Waals surface area contributed by atoms with Crippen molar-refractivity contribution in [2.24, 2.45) is 0 Å². The predicted octanol–water partition coefficient (Wildman–Crippen LogP) is 6.92. The van der Waals surface area contributed by atoms with E-state index in [4.69, 9.17) is 4.74 Å². The van der Waals surface area contributed by atoms with Crippen LogP contribution in [0.5, 0.6) is 5.75 Å². The molecule has 178 valence electrons. The summed E-state index contributed by atoms with van der Waals surface area (Å²) in [6.07, 6.45) is 1.66. The van der Waals surface area contributed by atoms with Gasteiger partial charge in [0.05, 0.1) is 28.9 Å². The fraction of sp³-hybridized carbons (Fsp3) is 0.214. The topological polar surface area (TPSA) is 80.1 Å². The molecule has 0 saturated carbocycles. The van der Waals surface area contributed by atoms with E-state index in [1.165, 1.54) is 12.1 Å². The van der Waals surface area contributed by atoms with Crippen LogP contribution in [0, 0.1) is 5.82 Å². The van der Waals surface area contributed by atoms with Crippen molar-refractivity contribution in [1.82, 2.24) is 14.8 Å². The Morgan fingerprint density at radius 3 is 2.46 bits per heavy atom. The van der Waals surface area contributed by atoms with Gasteiger partial charge in [-0.1, -0.05) is 13.8 Å². The van der Waals surface area contributed by atoms with E-state index in [-0.39, 0.29) is 23.4 Å². The second-order valence-corrected chi connectivity index (χ2v) is 9.27. The third-order valence-corrected chi connectivity index (χ3v) is 6.01. The van der Waals surface area contributed by atoms with Gasteiger partial charge >= 0.3 is 5.97 Å². The second-order valence-electron chi connectivity index (χ2n) is 9.27. The Morgan fingerprint density at radius 2 is 1.80 bits per heavy atom. The normalized spacial score (nSPS) is 11.7. The summed E-state index contributed by atoms with van der Waals surface area (Å²) in [5, 5.41) is 18.9. The molecule has 0 unspecified atom stereocenters. The molecule has 0 saturated heterocycles. The molecule has 3 aromatic carbocycles. The first-order valence-electron chi connectivity index (χ1n) is 11.6. The number of aromatic amines is 1. The van der Waals surface area contributed by atoms with Crippen molar-refractivity contribution < 1.29 is 19.0 Å². The van der Waals surface area contributed by atoms with Crippen molar-refractivity contribution in [2.75, 3.05) is 0 Å². The number of benzene rings is 3. The Labute approximate surface area is 202 Å². The molecule has 2 N–H and O–H groups in total. The number of rotatable bonds is 6. The van der Waals surface area contributed by atoms with Gasteiger partial charge in [0.2, 0.25) is 0 Å². The minimum absolute atomic E-state index is 0.0712. The van der Waals surface area contributed by atoms with Crippen molar-refractivity contribution in [3.05, 3.63) is 77.9 Å². The Kier molecular flexibility index (Phi) is 5.55. The molecular weight excluding hydrogens is 445 g/mol. The number of hydrogen-bond donors (Lipinski definition) is 2. The van der Waals surface area contributed by atoms with Crippen LogP contribution >= 0.6 is 0 Å². The van der Waals surface area contributed by atoms with Gasteiger partial charge in [-0.2, -0.15) is 5.10 Å². The van der Waals surface area contributed by atoms with E-state index in [2.05, 4.69) is 34.7 Å². The minimum atomic E-state index is -1.02. The predicted molar refractivity (Wildman–Crippen MR) is 135 cm³/mol. The zero-order chi connectivity index (χ0) is 24.9. The number of aromatic carboxylic acids is 1. The van der Waals surface area contributed by atoms with Crippen molar-refractivity contribution in [2.45, 2.75) is 39.7 Å². The lowest BCUT2D eigenvalue weighted by Gasteiger charge is -2.17. The lowest BCUT2D eigenvalue weighted by molar-refractivity contribution is 0.0696. The van der Waals surface area contributed by atoms with Gasteiger partial charge in [-0.3, -0.25) is 5.10 Å². The Hall–Kier alpha value is -4.13. The molecule has 0 aliphatic rings. The van der Waals surface area contributed by atoms with Crippen LogP contribution in [0.3, 0.4) is 0 Å². The third kappa shape index (κ3) is 4.03. The monoisotopic (exact) mass is 471 g/mol. The highest BCUT2D eigenvalue weighted by Crippen LogP contribution is 2.43. The number of nitrogens with zero attached hydrogens (tertiary/aromatic N) is 2. The van der Waals surface area contributed by atoms with Gasteiger partial charge < -0.3 is 14.4 Å². The summed E-state index contributed by atoms with van der Waals surface area (Å²) in [7, 11) is 0. The summed E-state index contributed by atoms with van der Waals surface area (Å²) in [6, 6.07) is 15.6. The first kappa shape index (κ1) is 22.7. The summed E-state index contributed by atoms with van der Waals surface area (Å²) in [6.45, 7) is 8.00. The molecule has 5 rings (SSSR count). The zero-order valence-electron chi connectivity index (χ0n) is 20.0. The van der Waals surface area contributed by atoms with Gasteiger partial charge in [-0.15, -0.1) is 0 Å². The number of halogens is 1. The molecule has 7 heteroatoms. The highest BCUT2D eigenvalue weighted by atomic mass is 19.1. The van der Waals surface area contributed by atoms with Crippen LogP contribution in [0.1, 0.15) is 49.7 Å². The number of carboxylic acids is 1. The molecule has 0 spiro atoms. The molecule has 0 bridgehead atoms. The van der Waals surface area contributed by atoms with Gasteiger partial charge in [-0.25, -0.2) is 9.18 Å². The van der Waals surface area contributed by atoms with Crippen LogP contribution in [-0.2, 0) is 0 Å². The van der Waals surface area contributed by atoms with Crippen LogP contribution in [0.4, 0.5) is 4.39 Å². The fourth-order valence-electron chi connectivity index (χ4n) is 4.67. The molecule has 0 aliphatic carbocycles. The van der Waals surface area contributed by atoms with Gasteiger partial charge in [0.15, 0.2) is 0 Å². The molecule has 5 aromatic rings. The molecule has 35 heavy (non-hydrogen) atoms. The standard InChI is InChI=1S/C28H26FN3O3/c1-15(2)27-26(17-9-18(28(33)34)11-22(10-17)35-16(3)4)23-13-24-19(14-30-31-24)12-25(23)32(27)21-7-5-20(29)6-8-21/h5-16H,1-4H3,(H,30,31)(H,33,34). The van der Waals surface area contributed by atoms with Gasteiger partial charge in [-0.05, 0) is 79.9 Å². The largest absolute Gasteiger partial charge is 0.491 e. The molecule has 0 radical (unpaired) electrons. The number of carbonyl (C=O) groups is 1. The number of nitrogens with one attached hydrogen (secondary N) is 1. The second kappa shape index (κ2) is 8.58. The molecular formula is C28H26FN3O3. The first-order valence-corrected chi connectivity index (χ1v) is 11.6. The SMILES string of the molecule is CC(C)Oc1cc(C(=O)O)cc(-c2c(C(C)C)n(-c3ccc(F)cc3)c3cc4cn[nH]c4cc23)c1. The number of H-pyrrole nitrogens is 1. The van der Waals surface area contributed by atoms with Gasteiger partial charge in [0.25, 0.3) is 0 Å². The highest BCUT2D eigenvalue weighted by molar-refractivity contribution is 6.06. The third-order valence-electron chi connectivity index (χ3n) is 6.01. The van der Waals surface area contributed by atoms with E-state index in [0.717, 1.165) is 44.3 Å². The van der Waals surface area contributed by atoms with Gasteiger partial charge in [0, 0.05) is 27.7 Å². The molecule has 0 aliphatic heterocycles. The van der Waals surface area contributed by atoms with Crippen molar-refractivity contribution in [3.63, 3.8) is 0 Å². The zero-order valence-corrected chi connectivity index (χ0v) is 20.0. The number of carboxylic acid groups (broad SMARTS) is 1. The van der Waals surface area contributed by atoms with Gasteiger partial charge in [0.1, 0.15) is 11.6 Å². The van der Waals surface area contributed by atoms with Crippen LogP contribution in [0.25, 0.3) is 38.6 Å². The maximum atomic E-state index is 13.8. The minimum Gasteiger partial charge on any atom is -0.491 e. The summed E-state index contributed by atoms with van der Waals surface area (Å²) in [4.78, 5) is 12.0. The summed E-state index contributed by atoms with van der Waals surface area (Å²) in [5.74, 6) is -0.764. The van der Waals surface area contributed by atoms with Crippen LogP contribution in [-0.4, -0.2) is 31.9 Å². The quantitative estimate of drug-likeness (QED) is 0.282. The van der Waals surface area contributed by atoms with Crippen LogP contribution < -0.4 is 4.74 Å². The fourth-order valence-corrected chi connectivity index (χ4v) is 4.67. The van der Waals surface area contributed by atoms with Crippen molar-refractivity contribution >= 4 is 27.8 Å². The van der Waals surface area contributed by atoms with Crippen molar-refractivity contribution in [1.29, 1.82) is 0 Å². The maximum absolute atomic E-state index is 13.8. The van der Waals surface area contributed by atoms with Crippen LogP contribution in [0.2, 0.25) is 0 Å². The number of hydrogen-bond acceptors (Lipinski definition) is 3. The number of ether oxygens (including phenoxy) is 1. The van der Waals surface area contributed by atoms with E-state index < -0.39 is 5.97 Å². The van der Waals surface area contributed by atoms with E-state index in [0.29, 0.717) is 5.75 Å². The summed E-state index contributed by atoms with van der Waals surface area (Å²) >= 11 is 0. The van der Waals surface area contributed by atoms with E-state index in [1.807, 2.05) is 26.0 Å². The summed E-state index contributed by atoms with van der Waals surface area (Å²) < 4.78 is 21.8.